The third-order valence-electron chi connectivity index (χ3n) is 5.21. The summed E-state index contributed by atoms with van der Waals surface area (Å²) in [4.78, 5) is 12.4. The molecule has 0 radical (unpaired) electrons. The number of carbonyl (C=O) groups is 1. The van der Waals surface area contributed by atoms with Gasteiger partial charge in [-0.15, -0.1) is 0 Å². The minimum atomic E-state index is -3.41. The number of carbonyl (C=O) groups excluding carboxylic acids is 1. The molecule has 1 aliphatic heterocycles. The molecule has 29 heavy (non-hydrogen) atoms. The Morgan fingerprint density at radius 3 is 2.48 bits per heavy atom. The van der Waals surface area contributed by atoms with Crippen LogP contribution in [0.1, 0.15) is 24.8 Å². The van der Waals surface area contributed by atoms with Crippen LogP contribution in [0.4, 0.5) is 10.5 Å². The molecular weight excluding hydrogens is 454 g/mol. The number of aryl methyl sites for hydroxylation is 1. The van der Waals surface area contributed by atoms with E-state index in [1.165, 1.54) is 0 Å². The fourth-order valence-electron chi connectivity index (χ4n) is 3.47. The first kappa shape index (κ1) is 21.8. The second-order valence-electron chi connectivity index (χ2n) is 7.29. The zero-order valence-corrected chi connectivity index (χ0v) is 18.8. The van der Waals surface area contributed by atoms with Gasteiger partial charge in [0.2, 0.25) is 10.0 Å². The normalized spacial score (nSPS) is 15.8. The molecule has 8 heteroatoms. The monoisotopic (exact) mass is 479 g/mol. The van der Waals surface area contributed by atoms with Gasteiger partial charge in [-0.05, 0) is 68.0 Å². The van der Waals surface area contributed by atoms with Gasteiger partial charge in [-0.3, -0.25) is 0 Å². The van der Waals surface area contributed by atoms with Crippen molar-refractivity contribution >= 4 is 37.7 Å². The fraction of sp³-hybridized carbons (Fsp3) is 0.381. The Morgan fingerprint density at radius 2 is 1.83 bits per heavy atom. The van der Waals surface area contributed by atoms with Crippen molar-refractivity contribution in [3.8, 4) is 0 Å². The lowest BCUT2D eigenvalue weighted by Gasteiger charge is -2.31. The van der Waals surface area contributed by atoms with Gasteiger partial charge in [0, 0.05) is 29.8 Å². The lowest BCUT2D eigenvalue weighted by Crippen LogP contribution is -2.39. The molecule has 2 amide bonds. The number of sulfonamides is 1. The van der Waals surface area contributed by atoms with Crippen LogP contribution < -0.4 is 10.6 Å². The second kappa shape index (κ2) is 9.73. The maximum atomic E-state index is 12.7. The number of amides is 2. The Kier molecular flexibility index (Phi) is 7.32. The highest BCUT2D eigenvalue weighted by Crippen LogP contribution is 2.25. The first-order valence-corrected chi connectivity index (χ1v) is 12.0. The van der Waals surface area contributed by atoms with Crippen LogP contribution in [0.5, 0.6) is 0 Å². The number of urea groups is 1. The topological polar surface area (TPSA) is 78.5 Å². The average Bonchev–Trinajstić information content (AvgIpc) is 2.72. The molecule has 2 aromatic carbocycles. The van der Waals surface area contributed by atoms with Crippen LogP contribution in [-0.4, -0.2) is 38.4 Å². The van der Waals surface area contributed by atoms with Crippen molar-refractivity contribution < 1.29 is 13.2 Å². The number of rotatable bonds is 6. The summed E-state index contributed by atoms with van der Waals surface area (Å²) in [6, 6.07) is 14.0. The highest BCUT2D eigenvalue weighted by Gasteiger charge is 2.29. The maximum absolute atomic E-state index is 12.7. The van der Waals surface area contributed by atoms with Crippen molar-refractivity contribution in [2.75, 3.05) is 25.0 Å². The molecule has 2 aromatic rings. The summed E-state index contributed by atoms with van der Waals surface area (Å²) in [7, 11) is -3.41. The van der Waals surface area contributed by atoms with E-state index in [2.05, 4.69) is 26.6 Å². The summed E-state index contributed by atoms with van der Waals surface area (Å²) < 4.78 is 27.9. The lowest BCUT2D eigenvalue weighted by atomic mass is 9.95. The first-order chi connectivity index (χ1) is 13.9. The summed E-state index contributed by atoms with van der Waals surface area (Å²) >= 11 is 3.44. The predicted octanol–water partition coefficient (Wildman–Crippen LogP) is 4.37. The van der Waals surface area contributed by atoms with E-state index in [1.54, 1.807) is 28.6 Å². The van der Waals surface area contributed by atoms with Crippen LogP contribution in [0.25, 0.3) is 0 Å². The van der Waals surface area contributed by atoms with Gasteiger partial charge in [0.1, 0.15) is 0 Å². The molecule has 156 valence electrons. The minimum Gasteiger partial charge on any atom is -0.338 e. The zero-order valence-electron chi connectivity index (χ0n) is 16.4. The van der Waals surface area contributed by atoms with Crippen LogP contribution in [0.2, 0.25) is 0 Å². The third kappa shape index (κ3) is 5.81. The van der Waals surface area contributed by atoms with E-state index in [0.717, 1.165) is 35.0 Å². The van der Waals surface area contributed by atoms with Gasteiger partial charge >= 0.3 is 6.03 Å². The fourth-order valence-corrected chi connectivity index (χ4v) is 5.20. The largest absolute Gasteiger partial charge is 0.338 e. The molecule has 0 aliphatic carbocycles. The van der Waals surface area contributed by atoms with E-state index in [0.29, 0.717) is 30.4 Å². The predicted molar refractivity (Wildman–Crippen MR) is 118 cm³/mol. The summed E-state index contributed by atoms with van der Waals surface area (Å²) in [5.41, 5.74) is 1.81. The van der Waals surface area contributed by atoms with E-state index in [4.69, 9.17) is 0 Å². The van der Waals surface area contributed by atoms with Gasteiger partial charge in [-0.25, -0.2) is 13.2 Å². The molecule has 3 rings (SSSR count). The van der Waals surface area contributed by atoms with Gasteiger partial charge < -0.3 is 10.6 Å². The number of hydrogen-bond acceptors (Lipinski definition) is 3. The molecule has 2 N–H and O–H groups in total. The van der Waals surface area contributed by atoms with Gasteiger partial charge in [-0.1, -0.05) is 34.1 Å². The minimum absolute atomic E-state index is 0.226. The second-order valence-corrected chi connectivity index (χ2v) is 10.1. The van der Waals surface area contributed by atoms with Crippen LogP contribution >= 0.6 is 15.9 Å². The van der Waals surface area contributed by atoms with E-state index in [-0.39, 0.29) is 6.03 Å². The summed E-state index contributed by atoms with van der Waals surface area (Å²) in [6.45, 7) is 3.58. The van der Waals surface area contributed by atoms with Crippen molar-refractivity contribution in [3.05, 3.63) is 58.6 Å². The molecule has 6 nitrogen and oxygen atoms in total. The average molecular weight is 480 g/mol. The number of benzene rings is 2. The number of nitrogens with zero attached hydrogens (tertiary/aromatic N) is 1. The van der Waals surface area contributed by atoms with E-state index >= 15 is 0 Å². The van der Waals surface area contributed by atoms with E-state index < -0.39 is 10.0 Å². The van der Waals surface area contributed by atoms with Crippen LogP contribution in [0.15, 0.2) is 57.9 Å². The first-order valence-electron chi connectivity index (χ1n) is 9.72. The van der Waals surface area contributed by atoms with E-state index in [9.17, 15) is 13.2 Å². The molecule has 0 saturated carbocycles. The van der Waals surface area contributed by atoms with Crippen LogP contribution in [0.3, 0.4) is 0 Å². The molecule has 1 saturated heterocycles. The Balaban J connectivity index is 1.41. The van der Waals surface area contributed by atoms with Crippen molar-refractivity contribution in [1.82, 2.24) is 9.62 Å². The summed E-state index contributed by atoms with van der Waals surface area (Å²) in [5.74, 6) is 0.410. The van der Waals surface area contributed by atoms with Crippen molar-refractivity contribution in [1.29, 1.82) is 0 Å². The lowest BCUT2D eigenvalue weighted by molar-refractivity contribution is 0.245. The Bertz CT molecular complexity index is 943. The van der Waals surface area contributed by atoms with Gasteiger partial charge in [-0.2, -0.15) is 4.31 Å². The van der Waals surface area contributed by atoms with E-state index in [1.807, 2.05) is 31.2 Å². The number of anilines is 1. The molecule has 1 heterocycles. The zero-order chi connectivity index (χ0) is 20.9. The third-order valence-corrected chi connectivity index (χ3v) is 8.01. The number of hydrogen-bond donors (Lipinski definition) is 2. The number of piperidine rings is 1. The standard InChI is InChI=1S/C21H26BrN3O3S/c1-16-15-18(7-8-20(16)22)24-21(26)23-12-9-17-10-13-25(14-11-17)29(27,28)19-5-3-2-4-6-19/h2-8,15,17H,9-14H2,1H3,(H2,23,24,26). The maximum Gasteiger partial charge on any atom is 0.319 e. The molecule has 1 aliphatic rings. The smallest absolute Gasteiger partial charge is 0.319 e. The van der Waals surface area contributed by atoms with Gasteiger partial charge in [0.15, 0.2) is 0 Å². The molecule has 0 bridgehead atoms. The van der Waals surface area contributed by atoms with Crippen molar-refractivity contribution in [2.45, 2.75) is 31.1 Å². The highest BCUT2D eigenvalue weighted by atomic mass is 79.9. The molecular formula is C21H26BrN3O3S. The van der Waals surface area contributed by atoms with Crippen molar-refractivity contribution in [3.63, 3.8) is 0 Å². The Labute approximate surface area is 180 Å². The molecule has 1 fully saturated rings. The van der Waals surface area contributed by atoms with Crippen LogP contribution in [0, 0.1) is 12.8 Å². The molecule has 0 spiro atoms. The Hall–Kier alpha value is -1.90. The molecule has 0 aromatic heterocycles. The number of nitrogens with one attached hydrogen (secondary N) is 2. The molecule has 0 atom stereocenters. The van der Waals surface area contributed by atoms with Crippen LogP contribution in [-0.2, 0) is 10.0 Å². The summed E-state index contributed by atoms with van der Waals surface area (Å²) in [6.07, 6.45) is 2.45. The summed E-state index contributed by atoms with van der Waals surface area (Å²) in [5, 5.41) is 5.72. The van der Waals surface area contributed by atoms with Gasteiger partial charge in [0.25, 0.3) is 0 Å². The highest BCUT2D eigenvalue weighted by molar-refractivity contribution is 9.10. The Morgan fingerprint density at radius 1 is 1.14 bits per heavy atom. The quantitative estimate of drug-likeness (QED) is 0.645. The van der Waals surface area contributed by atoms with Gasteiger partial charge in [0.05, 0.1) is 4.90 Å². The SMILES string of the molecule is Cc1cc(NC(=O)NCCC2CCN(S(=O)(=O)c3ccccc3)CC2)ccc1Br. The molecule has 0 unspecified atom stereocenters. The van der Waals surface area contributed by atoms with Crippen molar-refractivity contribution in [2.24, 2.45) is 5.92 Å². The number of halogens is 1.